The van der Waals surface area contributed by atoms with Crippen LogP contribution >= 0.6 is 0 Å². The summed E-state index contributed by atoms with van der Waals surface area (Å²) in [6.45, 7) is 4.16. The van der Waals surface area contributed by atoms with Crippen molar-refractivity contribution < 1.29 is 34.0 Å². The average molecular weight is 354 g/mol. The third kappa shape index (κ3) is 4.26. The second-order valence-corrected chi connectivity index (χ2v) is 5.20. The number of nitrogen functional groups attached to an aromatic ring is 1. The van der Waals surface area contributed by atoms with Crippen LogP contribution in [0.2, 0.25) is 0 Å². The first-order valence-corrected chi connectivity index (χ1v) is 7.31. The monoisotopic (exact) mass is 354 g/mol. The Bertz CT molecular complexity index is 561. The number of nitrogens with zero attached hydrogens (tertiary/aromatic N) is 1. The van der Waals surface area contributed by atoms with Crippen molar-refractivity contribution in [1.29, 1.82) is 0 Å². The number of anilines is 2. The quantitative estimate of drug-likeness (QED) is 0.363. The Kier molecular flexibility index (Phi) is 6.77. The van der Waals surface area contributed by atoms with Gasteiger partial charge in [0.25, 0.3) is 0 Å². The van der Waals surface area contributed by atoms with Crippen molar-refractivity contribution >= 4 is 22.7 Å². The van der Waals surface area contributed by atoms with E-state index in [4.69, 9.17) is 5.73 Å². The first-order chi connectivity index (χ1) is 11.1. The summed E-state index contributed by atoms with van der Waals surface area (Å²) in [4.78, 5) is 1.45. The van der Waals surface area contributed by atoms with E-state index < -0.39 is 39.3 Å². The van der Waals surface area contributed by atoms with E-state index in [1.165, 1.54) is 4.90 Å². The molecule has 0 bridgehead atoms. The highest BCUT2D eigenvalue weighted by Crippen LogP contribution is 2.43. The molecule has 0 aliphatic rings. The molecular weight excluding hydrogens is 333 g/mol. The Morgan fingerprint density at radius 3 is 1.96 bits per heavy atom. The molecule has 0 radical (unpaired) electrons. The molecule has 0 aliphatic heterocycles. The molecule has 1 rings (SSSR count). The van der Waals surface area contributed by atoms with Crippen molar-refractivity contribution in [3.63, 3.8) is 0 Å². The molecule has 0 spiro atoms. The normalized spacial score (nSPS) is 14.5. The minimum Gasteiger partial charge on any atom is -0.595 e. The Morgan fingerprint density at radius 2 is 1.62 bits per heavy atom. The Hall–Kier alpha value is -1.63. The topological polar surface area (TPSA) is 125 Å². The lowest BCUT2D eigenvalue weighted by Gasteiger charge is -2.31. The predicted molar refractivity (Wildman–Crippen MR) is 80.2 cm³/mol. The van der Waals surface area contributed by atoms with Gasteiger partial charge in [-0.15, -0.1) is 0 Å². The van der Waals surface area contributed by atoms with Gasteiger partial charge in [-0.3, -0.25) is 0 Å². The van der Waals surface area contributed by atoms with Gasteiger partial charge in [0.15, 0.2) is 11.4 Å². The number of hydrogen-bond donors (Lipinski definition) is 5. The summed E-state index contributed by atoms with van der Waals surface area (Å²) in [5, 5.41) is 38.3. The fourth-order valence-corrected chi connectivity index (χ4v) is 2.51. The molecule has 11 heteroatoms. The second kappa shape index (κ2) is 7.96. The van der Waals surface area contributed by atoms with Crippen LogP contribution in [0, 0.1) is 10.4 Å². The number of nitrogens with one attached hydrogen (secondary N) is 2. The number of benzene rings is 1. The maximum Gasteiger partial charge on any atom is 0.418 e. The van der Waals surface area contributed by atoms with Gasteiger partial charge >= 0.3 is 6.18 Å². The van der Waals surface area contributed by atoms with Gasteiger partial charge in [-0.1, -0.05) is 13.8 Å². The highest BCUT2D eigenvalue weighted by Gasteiger charge is 2.40. The number of alkyl halides is 3. The maximum absolute atomic E-state index is 13.1. The maximum atomic E-state index is 13.1. The first-order valence-electron chi connectivity index (χ1n) is 7.31. The zero-order valence-electron chi connectivity index (χ0n) is 13.3. The summed E-state index contributed by atoms with van der Waals surface area (Å²) in [6.07, 6.45) is -3.85. The molecular formula is C13H21F3N4O4. The van der Waals surface area contributed by atoms with Crippen molar-refractivity contribution in [2.75, 3.05) is 23.7 Å². The SMILES string of the molecule is CCCN(CCC)c1c([NH+]([O-])O)cc(C(F)(F)F)c(N)c1[NH+]([O-])O. The van der Waals surface area contributed by atoms with E-state index in [2.05, 4.69) is 0 Å². The van der Waals surface area contributed by atoms with Crippen LogP contribution < -0.4 is 21.1 Å². The lowest BCUT2D eigenvalue weighted by Crippen LogP contribution is -3.01. The first kappa shape index (κ1) is 20.4. The van der Waals surface area contributed by atoms with Gasteiger partial charge in [-0.25, -0.2) is 10.4 Å². The van der Waals surface area contributed by atoms with E-state index in [0.717, 1.165) is 0 Å². The summed E-state index contributed by atoms with van der Waals surface area (Å²) in [7, 11) is 0. The van der Waals surface area contributed by atoms with Gasteiger partial charge in [0.2, 0.25) is 5.69 Å². The number of hydrogen-bond acceptors (Lipinski definition) is 6. The smallest absolute Gasteiger partial charge is 0.418 e. The molecule has 1 aromatic rings. The molecule has 0 saturated heterocycles. The molecule has 0 aliphatic carbocycles. The molecule has 24 heavy (non-hydrogen) atoms. The molecule has 8 nitrogen and oxygen atoms in total. The Labute approximate surface area is 136 Å². The summed E-state index contributed by atoms with van der Waals surface area (Å²) in [6, 6.07) is 0.401. The molecule has 2 atom stereocenters. The standard InChI is InChI=1S/C13H21F3N4O4/c1-3-5-18(6-4-2)11-9(19(21)22)7-8(13(14,15)16)10(17)12(11)20(23)24/h7,19-21,23H,3-6,17H2,1-2H3. The van der Waals surface area contributed by atoms with Crippen molar-refractivity contribution in [3.8, 4) is 0 Å². The van der Waals surface area contributed by atoms with Crippen LogP contribution in [0.1, 0.15) is 32.3 Å². The second-order valence-electron chi connectivity index (χ2n) is 5.20. The van der Waals surface area contributed by atoms with Crippen LogP contribution in [0.4, 0.5) is 35.9 Å². The van der Waals surface area contributed by atoms with Gasteiger partial charge in [-0.05, 0) is 12.8 Å². The van der Waals surface area contributed by atoms with Crippen molar-refractivity contribution in [1.82, 2.24) is 0 Å². The Balaban J connectivity index is 3.80. The van der Waals surface area contributed by atoms with Crippen LogP contribution in [-0.4, -0.2) is 23.5 Å². The lowest BCUT2D eigenvalue weighted by atomic mass is 10.1. The third-order valence-electron chi connectivity index (χ3n) is 3.39. The number of quaternary nitrogens is 2. The fourth-order valence-electron chi connectivity index (χ4n) is 2.51. The Morgan fingerprint density at radius 1 is 1.12 bits per heavy atom. The van der Waals surface area contributed by atoms with Gasteiger partial charge < -0.3 is 21.0 Å². The number of nitrogens with two attached hydrogens (primary N) is 1. The minimum absolute atomic E-state index is 0.288. The number of halogens is 3. The van der Waals surface area contributed by atoms with E-state index in [1.807, 2.05) is 0 Å². The zero-order chi connectivity index (χ0) is 18.7. The van der Waals surface area contributed by atoms with Gasteiger partial charge in [0.05, 0.1) is 5.56 Å². The highest BCUT2D eigenvalue weighted by atomic mass is 19.4. The number of rotatable bonds is 7. The van der Waals surface area contributed by atoms with Crippen LogP contribution in [0.25, 0.3) is 0 Å². The largest absolute Gasteiger partial charge is 0.595 e. The summed E-state index contributed by atoms with van der Waals surface area (Å²) >= 11 is 0. The molecule has 0 aromatic heterocycles. The van der Waals surface area contributed by atoms with Crippen molar-refractivity contribution in [2.45, 2.75) is 32.9 Å². The van der Waals surface area contributed by atoms with Crippen LogP contribution in [-0.2, 0) is 6.18 Å². The van der Waals surface area contributed by atoms with Crippen molar-refractivity contribution in [2.24, 2.45) is 0 Å². The summed E-state index contributed by atoms with van der Waals surface area (Å²) < 4.78 is 39.3. The van der Waals surface area contributed by atoms with Gasteiger partial charge in [0, 0.05) is 19.2 Å². The average Bonchev–Trinajstić information content (AvgIpc) is 2.44. The fraction of sp³-hybridized carbons (Fsp3) is 0.538. The van der Waals surface area contributed by atoms with Gasteiger partial charge in [0.1, 0.15) is 5.69 Å². The van der Waals surface area contributed by atoms with E-state index in [9.17, 15) is 34.0 Å². The molecule has 0 fully saturated rings. The summed E-state index contributed by atoms with van der Waals surface area (Å²) in [5.41, 5.74) is 1.16. The summed E-state index contributed by atoms with van der Waals surface area (Å²) in [5.74, 6) is 0. The molecule has 6 N–H and O–H groups in total. The van der Waals surface area contributed by atoms with E-state index in [1.54, 1.807) is 13.8 Å². The predicted octanol–water partition coefficient (Wildman–Crippen LogP) is 0.721. The van der Waals surface area contributed by atoms with Crippen LogP contribution in [0.3, 0.4) is 0 Å². The third-order valence-corrected chi connectivity index (χ3v) is 3.39. The highest BCUT2D eigenvalue weighted by molar-refractivity contribution is 5.85. The molecule has 138 valence electrons. The van der Waals surface area contributed by atoms with Crippen LogP contribution in [0.15, 0.2) is 6.07 Å². The van der Waals surface area contributed by atoms with Crippen molar-refractivity contribution in [3.05, 3.63) is 22.0 Å². The van der Waals surface area contributed by atoms with E-state index >= 15 is 0 Å². The lowest BCUT2D eigenvalue weighted by molar-refractivity contribution is -0.995. The van der Waals surface area contributed by atoms with E-state index in [-0.39, 0.29) is 5.69 Å². The molecule has 2 unspecified atom stereocenters. The van der Waals surface area contributed by atoms with E-state index in [0.29, 0.717) is 32.0 Å². The van der Waals surface area contributed by atoms with Crippen LogP contribution in [0.5, 0.6) is 0 Å². The zero-order valence-corrected chi connectivity index (χ0v) is 13.3. The molecule has 0 saturated carbocycles. The minimum atomic E-state index is -4.96. The van der Waals surface area contributed by atoms with Gasteiger partial charge in [-0.2, -0.15) is 23.6 Å². The molecule has 0 amide bonds. The molecule has 0 heterocycles. The molecule has 1 aromatic carbocycles.